The van der Waals surface area contributed by atoms with Crippen LogP contribution in [0.15, 0.2) is 291 Å². The Morgan fingerprint density at radius 2 is 0.748 bits per heavy atom. The number of cyclic esters (lactones) is 2. The molecule has 10 aromatic carbocycles. The van der Waals surface area contributed by atoms with Gasteiger partial charge in [0, 0.05) is 29.5 Å². The lowest BCUT2D eigenvalue weighted by molar-refractivity contribution is -0.894. The lowest BCUT2D eigenvalue weighted by Gasteiger charge is -2.36. The van der Waals surface area contributed by atoms with Gasteiger partial charge in [-0.1, -0.05) is 188 Å². The topological polar surface area (TPSA) is 234 Å². The first-order chi connectivity index (χ1) is 56.1. The van der Waals surface area contributed by atoms with E-state index in [1.54, 1.807) is 33.3 Å². The highest BCUT2D eigenvalue weighted by molar-refractivity contribution is 5.92. The number of rotatable bonds is 33. The summed E-state index contributed by atoms with van der Waals surface area (Å²) < 4.78 is 57.4. The SMILES string of the molecule is CC[NH+](CC)CC.COc1ccc(C(OCc2ccc(-c3cccc(OCc4cccc(CO)c4)c3)nc2)(c2ccccc2)c2ccc(OC)cc2)cc1.COc1ccc(C(OCc2ccc(-c3cccc(OCc4cccc(COC(=O)CCC(=O)[O-])c4)c3)nc2)(c2ccccc2)c2ccc(OC)cc2)cc1.O=C1CCC(=O)O1. The molecule has 13 rings (SSSR count). The predicted molar refractivity (Wildman–Crippen MR) is 438 cm³/mol. The van der Waals surface area contributed by atoms with Crippen molar-refractivity contribution in [3.8, 4) is 57.0 Å². The molecule has 0 atom stereocenters. The smallest absolute Gasteiger partial charge is 0.314 e. The summed E-state index contributed by atoms with van der Waals surface area (Å²) in [5, 5.41) is 20.0. The molecule has 3 heterocycles. The molecule has 0 radical (unpaired) electrons. The van der Waals surface area contributed by atoms with Crippen LogP contribution in [0.3, 0.4) is 0 Å². The van der Waals surface area contributed by atoms with Crippen LogP contribution in [-0.4, -0.2) is 87.0 Å². The van der Waals surface area contributed by atoms with E-state index >= 15 is 0 Å². The number of hydrogen-bond acceptors (Lipinski definition) is 18. The highest BCUT2D eigenvalue weighted by Gasteiger charge is 2.40. The van der Waals surface area contributed by atoms with E-state index in [4.69, 9.17) is 52.6 Å². The third-order valence-corrected chi connectivity index (χ3v) is 19.3. The molecule has 1 aliphatic rings. The molecule has 0 aliphatic carbocycles. The van der Waals surface area contributed by atoms with Crippen molar-refractivity contribution in [1.29, 1.82) is 0 Å². The van der Waals surface area contributed by atoms with Crippen molar-refractivity contribution >= 4 is 23.9 Å². The van der Waals surface area contributed by atoms with Crippen molar-refractivity contribution < 1.29 is 81.7 Å². The quantitative estimate of drug-likeness (QED) is 0.0221. The second-order valence-electron chi connectivity index (χ2n) is 26.8. The number of nitrogens with zero attached hydrogens (tertiary/aromatic N) is 2. The van der Waals surface area contributed by atoms with Gasteiger partial charge in [0.05, 0.1) is 98.5 Å². The Balaban J connectivity index is 0.000000209. The van der Waals surface area contributed by atoms with Gasteiger partial charge in [-0.2, -0.15) is 0 Å². The zero-order valence-electron chi connectivity index (χ0n) is 65.9. The number of carboxylic acid groups (broad SMARTS) is 1. The molecule has 1 saturated heterocycles. The molecule has 1 aliphatic heterocycles. The molecular formula is C96H97N3O16. The molecule has 12 aromatic rings. The number of aromatic nitrogens is 2. The number of aliphatic carboxylic acids is 1. The second kappa shape index (κ2) is 43.3. The number of pyridine rings is 2. The predicted octanol–water partition coefficient (Wildman–Crippen LogP) is 15.6. The first kappa shape index (κ1) is 84.7. The van der Waals surface area contributed by atoms with Gasteiger partial charge in [-0.05, 0) is 185 Å². The van der Waals surface area contributed by atoms with Crippen molar-refractivity contribution in [3.63, 3.8) is 0 Å². The Morgan fingerprint density at radius 3 is 1.07 bits per heavy atom. The van der Waals surface area contributed by atoms with Crippen molar-refractivity contribution in [2.45, 2.75) is 97.3 Å². The summed E-state index contributed by atoms with van der Waals surface area (Å²) >= 11 is 0. The number of carbonyl (C=O) groups excluding carboxylic acids is 4. The van der Waals surface area contributed by atoms with Crippen molar-refractivity contribution in [3.05, 3.63) is 358 Å². The number of quaternary nitrogens is 1. The van der Waals surface area contributed by atoms with Crippen molar-refractivity contribution in [2.75, 3.05) is 48.1 Å². The fraction of sp³-hybridized carbons (Fsp3) is 0.229. The third-order valence-electron chi connectivity index (χ3n) is 19.3. The summed E-state index contributed by atoms with van der Waals surface area (Å²) in [6.45, 7) is 11.8. The summed E-state index contributed by atoms with van der Waals surface area (Å²) in [5.41, 5.74) is 12.8. The largest absolute Gasteiger partial charge is 0.550 e. The molecule has 0 unspecified atom stereocenters. The standard InChI is InChI=1S/C45H41NO8.C41H37NO5.C6H15N.C4H4O3/c1-50-39-19-15-37(16-20-39)45(36-11-4-3-5-12-36,38-17-21-40(51-2)22-18-38)54-31-34-14-23-42(46-28-34)35-10-7-13-41(27-35)52-29-32-8-6-9-33(26-32)30-53-44(49)25-24-43(47)48;1-44-37-19-15-35(16-20-37)41(34-11-4-3-5-12-34,36-17-21-38(45-2)22-18-36)47-29-32-14-23-40(42-26-32)33-10-7-13-39(25-33)46-28-31-9-6-8-30(24-31)27-43;1-4-7(5-2)6-3;5-3-1-2-4(6)7-3/h3-23,26-28H,24-25,29-31H2,1-2H3,(H,47,48);3-26,43H,27-29H2,1-2H3;4-6H2,1-3H3;1-2H2. The number of benzene rings is 10. The fourth-order valence-corrected chi connectivity index (χ4v) is 13.0. The van der Waals surface area contributed by atoms with E-state index in [1.165, 1.54) is 19.6 Å². The van der Waals surface area contributed by atoms with Gasteiger partial charge < -0.3 is 67.3 Å². The maximum absolute atomic E-state index is 11.8. The molecular weight excluding hydrogens is 1450 g/mol. The molecule has 115 heavy (non-hydrogen) atoms. The van der Waals surface area contributed by atoms with Gasteiger partial charge >= 0.3 is 17.9 Å². The van der Waals surface area contributed by atoms with E-state index in [0.717, 1.165) is 118 Å². The van der Waals surface area contributed by atoms with Gasteiger partial charge in [0.1, 0.15) is 65.5 Å². The fourth-order valence-electron chi connectivity index (χ4n) is 13.0. The number of carbonyl (C=O) groups is 4. The third kappa shape index (κ3) is 23.9. The number of aliphatic hydroxyl groups excluding tert-OH is 1. The van der Waals surface area contributed by atoms with Crippen molar-refractivity contribution in [2.24, 2.45) is 0 Å². The first-order valence-corrected chi connectivity index (χ1v) is 38.1. The minimum Gasteiger partial charge on any atom is -0.550 e. The van der Waals surface area contributed by atoms with E-state index < -0.39 is 35.1 Å². The van der Waals surface area contributed by atoms with E-state index in [0.29, 0.717) is 25.6 Å². The maximum atomic E-state index is 11.8. The van der Waals surface area contributed by atoms with Gasteiger partial charge in [0.2, 0.25) is 0 Å². The Bertz CT molecular complexity index is 4890. The van der Waals surface area contributed by atoms with Gasteiger partial charge in [-0.15, -0.1) is 0 Å². The van der Waals surface area contributed by atoms with Gasteiger partial charge in [-0.3, -0.25) is 24.4 Å². The molecule has 592 valence electrons. The van der Waals surface area contributed by atoms with Crippen LogP contribution >= 0.6 is 0 Å². The Kier molecular flexibility index (Phi) is 31.9. The summed E-state index contributed by atoms with van der Waals surface area (Å²) in [5.74, 6) is 1.81. The average molecular weight is 1550 g/mol. The summed E-state index contributed by atoms with van der Waals surface area (Å²) in [7, 11) is 6.63. The van der Waals surface area contributed by atoms with E-state index in [9.17, 15) is 29.4 Å². The molecule has 19 heteroatoms. The molecule has 0 spiro atoms. The highest BCUT2D eigenvalue weighted by atomic mass is 16.6. The molecule has 2 aromatic heterocycles. The molecule has 19 nitrogen and oxygen atoms in total. The van der Waals surface area contributed by atoms with Gasteiger partial charge in [0.15, 0.2) is 0 Å². The number of carboxylic acids is 1. The number of hydrogen-bond donors (Lipinski definition) is 2. The number of esters is 3. The zero-order chi connectivity index (χ0) is 81.2. The monoisotopic (exact) mass is 1550 g/mol. The number of nitrogens with one attached hydrogen (secondary N) is 1. The molecule has 0 saturated carbocycles. The number of aliphatic hydroxyl groups is 1. The zero-order valence-corrected chi connectivity index (χ0v) is 65.9. The molecule has 0 amide bonds. The van der Waals surface area contributed by atoms with Crippen LogP contribution in [0.2, 0.25) is 0 Å². The minimum atomic E-state index is -1.29. The van der Waals surface area contributed by atoms with Crippen LogP contribution in [-0.2, 0) is 89.0 Å². The van der Waals surface area contributed by atoms with Gasteiger partial charge in [0.25, 0.3) is 0 Å². The molecule has 1 fully saturated rings. The number of ether oxygens (including phenoxy) is 10. The lowest BCUT2D eigenvalue weighted by Crippen LogP contribution is -3.11. The summed E-state index contributed by atoms with van der Waals surface area (Å²) in [4.78, 5) is 53.7. The Labute approximate surface area is 672 Å². The van der Waals surface area contributed by atoms with Crippen LogP contribution in [0.5, 0.6) is 34.5 Å². The van der Waals surface area contributed by atoms with E-state index in [1.807, 2.05) is 243 Å². The Morgan fingerprint density at radius 1 is 0.391 bits per heavy atom. The second-order valence-corrected chi connectivity index (χ2v) is 26.8. The van der Waals surface area contributed by atoms with Crippen LogP contribution < -0.4 is 38.4 Å². The molecule has 0 bridgehead atoms. The minimum absolute atomic E-state index is 0.00619. The van der Waals surface area contributed by atoms with Crippen LogP contribution in [0, 0.1) is 0 Å². The average Bonchev–Trinajstić information content (AvgIpc) is 0.991. The van der Waals surface area contributed by atoms with Crippen molar-refractivity contribution in [1.82, 2.24) is 9.97 Å². The Hall–Kier alpha value is -12.8. The molecule has 2 N–H and O–H groups in total. The van der Waals surface area contributed by atoms with E-state index in [-0.39, 0.29) is 45.5 Å². The first-order valence-electron chi connectivity index (χ1n) is 38.1. The van der Waals surface area contributed by atoms with Crippen LogP contribution in [0.1, 0.15) is 113 Å². The maximum Gasteiger partial charge on any atom is 0.314 e. The summed E-state index contributed by atoms with van der Waals surface area (Å²) in [6.07, 6.45) is 3.62. The highest BCUT2D eigenvalue weighted by Crippen LogP contribution is 2.45. The van der Waals surface area contributed by atoms with Gasteiger partial charge in [-0.25, -0.2) is 0 Å². The van der Waals surface area contributed by atoms with E-state index in [2.05, 4.69) is 74.0 Å². The summed E-state index contributed by atoms with van der Waals surface area (Å²) in [6, 6.07) is 91.3. The lowest BCUT2D eigenvalue weighted by atomic mass is 9.80. The number of methoxy groups -OCH3 is 4. The van der Waals surface area contributed by atoms with Crippen LogP contribution in [0.25, 0.3) is 22.5 Å². The normalized spacial score (nSPS) is 11.6. The van der Waals surface area contributed by atoms with Crippen LogP contribution in [0.4, 0.5) is 0 Å².